The maximum absolute atomic E-state index is 12.7. The van der Waals surface area contributed by atoms with Gasteiger partial charge in [-0.3, -0.25) is 14.9 Å². The molecular weight excluding hydrogens is 468 g/mol. The molecule has 0 saturated heterocycles. The van der Waals surface area contributed by atoms with Crippen molar-refractivity contribution < 1.29 is 18.1 Å². The van der Waals surface area contributed by atoms with Crippen LogP contribution in [0.2, 0.25) is 0 Å². The predicted molar refractivity (Wildman–Crippen MR) is 135 cm³/mol. The molecule has 0 radical (unpaired) electrons. The number of aromatic nitrogens is 1. The molecule has 0 saturated carbocycles. The summed E-state index contributed by atoms with van der Waals surface area (Å²) < 4.78 is 25.3. The molecule has 4 rings (SSSR count). The van der Waals surface area contributed by atoms with Gasteiger partial charge >= 0.3 is 0 Å². The third-order valence-electron chi connectivity index (χ3n) is 5.54. The fourth-order valence-electron chi connectivity index (χ4n) is 3.87. The van der Waals surface area contributed by atoms with Gasteiger partial charge in [-0.25, -0.2) is 8.42 Å². The fourth-order valence-corrected chi connectivity index (χ4v) is 4.51. The number of nitro groups is 1. The molecule has 35 heavy (non-hydrogen) atoms. The van der Waals surface area contributed by atoms with Gasteiger partial charge in [-0.15, -0.1) is 0 Å². The number of nitrogens with one attached hydrogen (secondary N) is 2. The molecule has 9 nitrogen and oxygen atoms in total. The highest BCUT2D eigenvalue weighted by atomic mass is 32.2. The van der Waals surface area contributed by atoms with Gasteiger partial charge in [0, 0.05) is 42.0 Å². The van der Waals surface area contributed by atoms with Crippen LogP contribution in [0.3, 0.4) is 0 Å². The third-order valence-corrected chi connectivity index (χ3v) is 6.65. The monoisotopic (exact) mass is 492 g/mol. The number of carbonyl (C=O) groups excluding carboxylic acids is 1. The molecule has 1 aromatic heterocycles. The topological polar surface area (TPSA) is 123 Å². The Balaban J connectivity index is 1.43. The molecule has 0 aliphatic heterocycles. The maximum Gasteiger partial charge on any atom is 0.293 e. The van der Waals surface area contributed by atoms with E-state index in [1.165, 1.54) is 12.1 Å². The number of anilines is 1. The summed E-state index contributed by atoms with van der Waals surface area (Å²) in [6.45, 7) is 0.563. The average Bonchev–Trinajstić information content (AvgIpc) is 3.20. The highest BCUT2D eigenvalue weighted by Crippen LogP contribution is 2.29. The molecule has 3 aromatic carbocycles. The molecule has 10 heteroatoms. The van der Waals surface area contributed by atoms with Crippen LogP contribution in [0.25, 0.3) is 22.2 Å². The van der Waals surface area contributed by atoms with E-state index < -0.39 is 14.8 Å². The van der Waals surface area contributed by atoms with Gasteiger partial charge in [0.2, 0.25) is 5.91 Å². The summed E-state index contributed by atoms with van der Waals surface area (Å²) in [6.07, 6.45) is 0.992. The van der Waals surface area contributed by atoms with Crippen LogP contribution in [0.1, 0.15) is 0 Å². The number of sulfone groups is 1. The van der Waals surface area contributed by atoms with Gasteiger partial charge in [0.05, 0.1) is 9.82 Å². The van der Waals surface area contributed by atoms with E-state index in [-0.39, 0.29) is 41.8 Å². The first kappa shape index (κ1) is 24.0. The normalized spacial score (nSPS) is 11.3. The van der Waals surface area contributed by atoms with Crippen molar-refractivity contribution in [2.45, 2.75) is 11.4 Å². The highest BCUT2D eigenvalue weighted by molar-refractivity contribution is 7.90. The predicted octanol–water partition coefficient (Wildman–Crippen LogP) is 3.85. The molecule has 0 bridgehead atoms. The summed E-state index contributed by atoms with van der Waals surface area (Å²) >= 11 is 0. The maximum atomic E-state index is 12.7. The summed E-state index contributed by atoms with van der Waals surface area (Å²) in [5.41, 5.74) is 2.72. The van der Waals surface area contributed by atoms with Gasteiger partial charge in [0.15, 0.2) is 9.84 Å². The number of amides is 1. The number of carbonyl (C=O) groups is 1. The second-order valence-electron chi connectivity index (χ2n) is 8.03. The van der Waals surface area contributed by atoms with Crippen LogP contribution >= 0.6 is 0 Å². The fraction of sp³-hybridized carbons (Fsp3) is 0.160. The second kappa shape index (κ2) is 9.98. The van der Waals surface area contributed by atoms with Crippen molar-refractivity contribution in [2.75, 3.05) is 24.7 Å². The number of hydrogen-bond acceptors (Lipinski definition) is 6. The largest absolute Gasteiger partial charge is 0.378 e. The Morgan fingerprint density at radius 3 is 2.40 bits per heavy atom. The first-order chi connectivity index (χ1) is 16.7. The van der Waals surface area contributed by atoms with Gasteiger partial charge < -0.3 is 15.2 Å². The van der Waals surface area contributed by atoms with E-state index in [0.717, 1.165) is 34.5 Å². The third kappa shape index (κ3) is 5.49. The van der Waals surface area contributed by atoms with Crippen molar-refractivity contribution in [3.05, 3.63) is 89.0 Å². The number of hydrogen-bond donors (Lipinski definition) is 2. The molecule has 4 aromatic rings. The van der Waals surface area contributed by atoms with Crippen LogP contribution in [0.15, 0.2) is 83.8 Å². The number of rotatable bonds is 9. The zero-order chi connectivity index (χ0) is 25.0. The van der Waals surface area contributed by atoms with Crippen LogP contribution in [0, 0.1) is 10.1 Å². The SMILES string of the molecule is CS(=O)(=O)c1ccc(NCCNC(=O)Cn2c(-c3ccccc3)cc3ccccc32)c([N+](=O)[O-])c1. The molecule has 0 spiro atoms. The first-order valence-electron chi connectivity index (χ1n) is 10.9. The first-order valence-corrected chi connectivity index (χ1v) is 12.8. The zero-order valence-corrected chi connectivity index (χ0v) is 19.8. The van der Waals surface area contributed by atoms with E-state index >= 15 is 0 Å². The van der Waals surface area contributed by atoms with Crippen molar-refractivity contribution in [3.8, 4) is 11.3 Å². The van der Waals surface area contributed by atoms with Crippen LogP contribution in [0.5, 0.6) is 0 Å². The summed E-state index contributed by atoms with van der Waals surface area (Å²) in [5.74, 6) is -0.202. The van der Waals surface area contributed by atoms with E-state index in [2.05, 4.69) is 16.7 Å². The Morgan fingerprint density at radius 2 is 1.69 bits per heavy atom. The number of benzene rings is 3. The van der Waals surface area contributed by atoms with Crippen LogP contribution in [-0.4, -0.2) is 43.2 Å². The minimum Gasteiger partial charge on any atom is -0.378 e. The lowest BCUT2D eigenvalue weighted by Gasteiger charge is -2.12. The van der Waals surface area contributed by atoms with Gasteiger partial charge in [-0.05, 0) is 29.8 Å². The van der Waals surface area contributed by atoms with Crippen molar-refractivity contribution in [1.29, 1.82) is 0 Å². The molecule has 0 aliphatic rings. The van der Waals surface area contributed by atoms with Crippen LogP contribution < -0.4 is 10.6 Å². The van der Waals surface area contributed by atoms with Gasteiger partial charge in [-0.1, -0.05) is 48.5 Å². The van der Waals surface area contributed by atoms with E-state index in [1.54, 1.807) is 0 Å². The van der Waals surface area contributed by atoms with Crippen molar-refractivity contribution >= 4 is 38.0 Å². The second-order valence-corrected chi connectivity index (χ2v) is 10.0. The highest BCUT2D eigenvalue weighted by Gasteiger charge is 2.19. The molecule has 2 N–H and O–H groups in total. The lowest BCUT2D eigenvalue weighted by molar-refractivity contribution is -0.384. The number of para-hydroxylation sites is 1. The Kier molecular flexibility index (Phi) is 6.83. The summed E-state index contributed by atoms with van der Waals surface area (Å²) in [6, 6.07) is 23.4. The van der Waals surface area contributed by atoms with Crippen molar-refractivity contribution in [2.24, 2.45) is 0 Å². The number of nitro benzene ring substituents is 1. The Hall–Kier alpha value is -4.18. The van der Waals surface area contributed by atoms with Gasteiger partial charge in [0.25, 0.3) is 5.69 Å². The van der Waals surface area contributed by atoms with Gasteiger partial charge in [-0.2, -0.15) is 0 Å². The summed E-state index contributed by atoms with van der Waals surface area (Å²) in [7, 11) is -3.57. The molecule has 1 heterocycles. The molecule has 0 unspecified atom stereocenters. The quantitative estimate of drug-likeness (QED) is 0.208. The summed E-state index contributed by atoms with van der Waals surface area (Å²) in [5, 5.41) is 18.1. The standard InChI is InChI=1S/C25H24N4O5S/c1-35(33,34)20-11-12-21(24(16-20)29(31)32)26-13-14-27-25(30)17-28-22-10-6-5-9-19(22)15-23(28)18-7-3-2-4-8-18/h2-12,15-16,26H,13-14,17H2,1H3,(H,27,30). The molecule has 0 atom stereocenters. The van der Waals surface area contributed by atoms with Crippen molar-refractivity contribution in [1.82, 2.24) is 9.88 Å². The Bertz CT molecular complexity index is 1500. The lowest BCUT2D eigenvalue weighted by atomic mass is 10.1. The lowest BCUT2D eigenvalue weighted by Crippen LogP contribution is -2.31. The van der Waals surface area contributed by atoms with Crippen molar-refractivity contribution in [3.63, 3.8) is 0 Å². The van der Waals surface area contributed by atoms with E-state index in [0.29, 0.717) is 0 Å². The minimum absolute atomic E-state index is 0.112. The molecular formula is C25H24N4O5S. The average molecular weight is 493 g/mol. The number of fused-ring (bicyclic) bond motifs is 1. The van der Waals surface area contributed by atoms with E-state index in [1.807, 2.05) is 59.2 Å². The molecule has 0 fully saturated rings. The molecule has 1 amide bonds. The Morgan fingerprint density at radius 1 is 0.971 bits per heavy atom. The minimum atomic E-state index is -3.57. The number of nitrogens with zero attached hydrogens (tertiary/aromatic N) is 2. The Labute approximate surface area is 202 Å². The van der Waals surface area contributed by atoms with E-state index in [9.17, 15) is 23.3 Å². The zero-order valence-electron chi connectivity index (χ0n) is 19.0. The van der Waals surface area contributed by atoms with Crippen LogP contribution in [0.4, 0.5) is 11.4 Å². The van der Waals surface area contributed by atoms with E-state index in [4.69, 9.17) is 0 Å². The summed E-state index contributed by atoms with van der Waals surface area (Å²) in [4.78, 5) is 23.3. The van der Waals surface area contributed by atoms with Gasteiger partial charge in [0.1, 0.15) is 12.2 Å². The smallest absolute Gasteiger partial charge is 0.293 e. The molecule has 0 aliphatic carbocycles. The van der Waals surface area contributed by atoms with Crippen LogP contribution in [-0.2, 0) is 21.2 Å². The molecule has 180 valence electrons.